The van der Waals surface area contributed by atoms with E-state index < -0.39 is 0 Å². The highest BCUT2D eigenvalue weighted by atomic mass is 14.6. The molecule has 1 aromatic heterocycles. The van der Waals surface area contributed by atoms with Crippen molar-refractivity contribution in [1.29, 1.82) is 5.26 Å². The maximum absolute atomic E-state index is 8.82. The van der Waals surface area contributed by atoms with Gasteiger partial charge in [0.25, 0.3) is 0 Å². The van der Waals surface area contributed by atoms with E-state index in [1.807, 2.05) is 30.5 Å². The van der Waals surface area contributed by atoms with E-state index in [4.69, 9.17) is 5.26 Å². The van der Waals surface area contributed by atoms with E-state index in [1.165, 1.54) is 5.56 Å². The molecule has 0 N–H and O–H groups in total. The summed E-state index contributed by atoms with van der Waals surface area (Å²) in [6, 6.07) is 14.2. The van der Waals surface area contributed by atoms with Crippen LogP contribution >= 0.6 is 0 Å². The summed E-state index contributed by atoms with van der Waals surface area (Å²) in [7, 11) is 0. The van der Waals surface area contributed by atoms with Crippen molar-refractivity contribution in [3.05, 3.63) is 65.5 Å². The molecule has 1 atom stereocenters. The SMILES string of the molecule is CC(c1ccccc1)c1cncc(C#N)c1. The Labute approximate surface area is 95.2 Å². The van der Waals surface area contributed by atoms with E-state index in [9.17, 15) is 0 Å². The van der Waals surface area contributed by atoms with Crippen molar-refractivity contribution in [2.45, 2.75) is 12.8 Å². The van der Waals surface area contributed by atoms with Crippen LogP contribution in [0.25, 0.3) is 0 Å². The molecule has 2 aromatic rings. The lowest BCUT2D eigenvalue weighted by Gasteiger charge is -2.11. The Morgan fingerprint density at radius 1 is 1.12 bits per heavy atom. The van der Waals surface area contributed by atoms with Gasteiger partial charge >= 0.3 is 0 Å². The first-order valence-electron chi connectivity index (χ1n) is 5.21. The molecule has 0 saturated heterocycles. The molecule has 0 bridgehead atoms. The number of nitrogens with zero attached hydrogens (tertiary/aromatic N) is 2. The number of pyridine rings is 1. The summed E-state index contributed by atoms with van der Waals surface area (Å²) in [5, 5.41) is 8.82. The van der Waals surface area contributed by atoms with Crippen LogP contribution in [0.4, 0.5) is 0 Å². The van der Waals surface area contributed by atoms with Gasteiger partial charge in [-0.1, -0.05) is 37.3 Å². The quantitative estimate of drug-likeness (QED) is 0.760. The Bertz CT molecular complexity index is 512. The van der Waals surface area contributed by atoms with Crippen LogP contribution in [0.15, 0.2) is 48.8 Å². The van der Waals surface area contributed by atoms with E-state index in [0.717, 1.165) is 5.56 Å². The first kappa shape index (κ1) is 10.4. The second-order valence-electron chi connectivity index (χ2n) is 3.75. The van der Waals surface area contributed by atoms with Crippen molar-refractivity contribution in [3.8, 4) is 6.07 Å². The maximum atomic E-state index is 8.82. The minimum absolute atomic E-state index is 0.266. The van der Waals surface area contributed by atoms with Gasteiger partial charge < -0.3 is 0 Å². The molecule has 0 aliphatic carbocycles. The molecule has 16 heavy (non-hydrogen) atoms. The lowest BCUT2D eigenvalue weighted by molar-refractivity contribution is 0.910. The second-order valence-corrected chi connectivity index (χ2v) is 3.75. The number of hydrogen-bond donors (Lipinski definition) is 0. The molecule has 1 unspecified atom stereocenters. The molecule has 1 heterocycles. The Kier molecular flexibility index (Phi) is 2.98. The molecule has 2 heteroatoms. The number of nitriles is 1. The summed E-state index contributed by atoms with van der Waals surface area (Å²) in [5.41, 5.74) is 2.92. The summed E-state index contributed by atoms with van der Waals surface area (Å²) >= 11 is 0. The van der Waals surface area contributed by atoms with Crippen LogP contribution < -0.4 is 0 Å². The van der Waals surface area contributed by atoms with Crippen molar-refractivity contribution < 1.29 is 0 Å². The Hall–Kier alpha value is -2.14. The normalized spacial score (nSPS) is 11.8. The molecule has 0 spiro atoms. The fourth-order valence-corrected chi connectivity index (χ4v) is 1.69. The summed E-state index contributed by atoms with van der Waals surface area (Å²) < 4.78 is 0. The minimum Gasteiger partial charge on any atom is -0.263 e. The summed E-state index contributed by atoms with van der Waals surface area (Å²) in [6.45, 7) is 2.12. The first-order valence-corrected chi connectivity index (χ1v) is 5.21. The molecule has 2 nitrogen and oxygen atoms in total. The molecular formula is C14H12N2. The third kappa shape index (κ3) is 2.09. The highest BCUT2D eigenvalue weighted by Crippen LogP contribution is 2.23. The van der Waals surface area contributed by atoms with Gasteiger partial charge in [-0.2, -0.15) is 5.26 Å². The molecule has 2 rings (SSSR count). The van der Waals surface area contributed by atoms with Crippen LogP contribution in [0.1, 0.15) is 29.5 Å². The van der Waals surface area contributed by atoms with E-state index in [2.05, 4.69) is 30.1 Å². The van der Waals surface area contributed by atoms with Crippen LogP contribution in [0, 0.1) is 11.3 Å². The van der Waals surface area contributed by atoms with E-state index in [0.29, 0.717) is 5.56 Å². The Balaban J connectivity index is 2.35. The first-order chi connectivity index (χ1) is 7.81. The summed E-state index contributed by atoms with van der Waals surface area (Å²) in [5.74, 6) is 0.266. The number of aromatic nitrogens is 1. The molecule has 0 saturated carbocycles. The van der Waals surface area contributed by atoms with Crippen molar-refractivity contribution >= 4 is 0 Å². The van der Waals surface area contributed by atoms with Crippen molar-refractivity contribution in [2.75, 3.05) is 0 Å². The molecule has 0 radical (unpaired) electrons. The van der Waals surface area contributed by atoms with Gasteiger partial charge in [-0.3, -0.25) is 4.98 Å². The third-order valence-corrected chi connectivity index (χ3v) is 2.69. The van der Waals surface area contributed by atoms with Crippen molar-refractivity contribution in [3.63, 3.8) is 0 Å². The van der Waals surface area contributed by atoms with E-state index in [-0.39, 0.29) is 5.92 Å². The molecule has 0 aliphatic heterocycles. The van der Waals surface area contributed by atoms with E-state index >= 15 is 0 Å². The van der Waals surface area contributed by atoms with Crippen LogP contribution in [0.5, 0.6) is 0 Å². The van der Waals surface area contributed by atoms with Gasteiger partial charge in [0.05, 0.1) is 5.56 Å². The largest absolute Gasteiger partial charge is 0.263 e. The molecular weight excluding hydrogens is 196 g/mol. The predicted molar refractivity (Wildman–Crippen MR) is 62.9 cm³/mol. The van der Waals surface area contributed by atoms with Gasteiger partial charge in [-0.25, -0.2) is 0 Å². The predicted octanol–water partition coefficient (Wildman–Crippen LogP) is 3.11. The molecule has 0 amide bonds. The standard InChI is InChI=1S/C14H12N2/c1-11(13-5-3-2-4-6-13)14-7-12(8-15)9-16-10-14/h2-7,9-11H,1H3. The monoisotopic (exact) mass is 208 g/mol. The van der Waals surface area contributed by atoms with E-state index in [1.54, 1.807) is 6.20 Å². The van der Waals surface area contributed by atoms with Crippen LogP contribution in [0.2, 0.25) is 0 Å². The zero-order valence-electron chi connectivity index (χ0n) is 9.09. The van der Waals surface area contributed by atoms with Gasteiger partial charge in [-0.05, 0) is 17.2 Å². The average Bonchev–Trinajstić information content (AvgIpc) is 2.39. The number of hydrogen-bond acceptors (Lipinski definition) is 2. The van der Waals surface area contributed by atoms with Gasteiger partial charge in [0.1, 0.15) is 6.07 Å². The molecule has 1 aromatic carbocycles. The lowest BCUT2D eigenvalue weighted by atomic mass is 9.94. The zero-order chi connectivity index (χ0) is 11.4. The smallest absolute Gasteiger partial charge is 0.101 e. The average molecular weight is 208 g/mol. The third-order valence-electron chi connectivity index (χ3n) is 2.69. The number of rotatable bonds is 2. The highest BCUT2D eigenvalue weighted by Gasteiger charge is 2.08. The molecule has 0 fully saturated rings. The van der Waals surface area contributed by atoms with Gasteiger partial charge in [0, 0.05) is 18.3 Å². The Morgan fingerprint density at radius 2 is 1.88 bits per heavy atom. The number of benzene rings is 1. The summed E-state index contributed by atoms with van der Waals surface area (Å²) in [4.78, 5) is 4.08. The topological polar surface area (TPSA) is 36.7 Å². The van der Waals surface area contributed by atoms with Crippen LogP contribution in [-0.4, -0.2) is 4.98 Å². The van der Waals surface area contributed by atoms with Gasteiger partial charge in [-0.15, -0.1) is 0 Å². The highest BCUT2D eigenvalue weighted by molar-refractivity contribution is 5.35. The van der Waals surface area contributed by atoms with Gasteiger partial charge in [0.15, 0.2) is 0 Å². The fraction of sp³-hybridized carbons (Fsp3) is 0.143. The van der Waals surface area contributed by atoms with Crippen molar-refractivity contribution in [1.82, 2.24) is 4.98 Å². The fourth-order valence-electron chi connectivity index (χ4n) is 1.69. The molecule has 78 valence electrons. The summed E-state index contributed by atoms with van der Waals surface area (Å²) in [6.07, 6.45) is 3.40. The Morgan fingerprint density at radius 3 is 2.56 bits per heavy atom. The molecule has 0 aliphatic rings. The van der Waals surface area contributed by atoms with Gasteiger partial charge in [0.2, 0.25) is 0 Å². The second kappa shape index (κ2) is 4.59. The minimum atomic E-state index is 0.266. The van der Waals surface area contributed by atoms with Crippen LogP contribution in [0.3, 0.4) is 0 Å². The van der Waals surface area contributed by atoms with Crippen molar-refractivity contribution in [2.24, 2.45) is 0 Å². The van der Waals surface area contributed by atoms with Crippen LogP contribution in [-0.2, 0) is 0 Å². The maximum Gasteiger partial charge on any atom is 0.101 e. The lowest BCUT2D eigenvalue weighted by Crippen LogP contribution is -1.97. The zero-order valence-corrected chi connectivity index (χ0v) is 9.09.